The third-order valence-corrected chi connectivity index (χ3v) is 8.64. The van der Waals surface area contributed by atoms with E-state index in [9.17, 15) is 22.8 Å². The van der Waals surface area contributed by atoms with Crippen LogP contribution in [0.2, 0.25) is 5.02 Å². The molecule has 3 fully saturated rings. The molecule has 3 atom stereocenters. The molecular formula is C27H25ClF3N9O2. The van der Waals surface area contributed by atoms with Crippen LogP contribution in [-0.2, 0) is 11.0 Å². The van der Waals surface area contributed by atoms with Crippen LogP contribution in [0.1, 0.15) is 16.1 Å². The van der Waals surface area contributed by atoms with Crippen LogP contribution in [-0.4, -0.2) is 85.4 Å². The van der Waals surface area contributed by atoms with E-state index in [2.05, 4.69) is 30.8 Å². The molecule has 15 heteroatoms. The first-order valence-electron chi connectivity index (χ1n) is 13.5. The highest BCUT2D eigenvalue weighted by atomic mass is 35.5. The lowest BCUT2D eigenvalue weighted by atomic mass is 10.1. The summed E-state index contributed by atoms with van der Waals surface area (Å²) in [4.78, 5) is 38.3. The fourth-order valence-corrected chi connectivity index (χ4v) is 6.37. The highest BCUT2D eigenvalue weighted by Gasteiger charge is 2.58. The van der Waals surface area contributed by atoms with Crippen molar-refractivity contribution in [3.63, 3.8) is 0 Å². The number of alkyl halides is 3. The topological polar surface area (TPSA) is 124 Å². The Bertz CT molecular complexity index is 1690. The molecule has 11 nitrogen and oxygen atoms in total. The zero-order chi connectivity index (χ0) is 29.2. The lowest BCUT2D eigenvalue weighted by Crippen LogP contribution is -2.51. The van der Waals surface area contributed by atoms with E-state index in [1.807, 2.05) is 4.90 Å². The number of amides is 2. The number of anilines is 2. The second-order valence-corrected chi connectivity index (χ2v) is 11.1. The number of imidazole rings is 1. The summed E-state index contributed by atoms with van der Waals surface area (Å²) in [5.41, 5.74) is 0.138. The Morgan fingerprint density at radius 2 is 1.79 bits per heavy atom. The fourth-order valence-electron chi connectivity index (χ4n) is 6.11. The van der Waals surface area contributed by atoms with Gasteiger partial charge in [-0.15, -0.1) is 0 Å². The zero-order valence-corrected chi connectivity index (χ0v) is 22.8. The number of halogens is 4. The molecule has 1 aliphatic carbocycles. The van der Waals surface area contributed by atoms with Crippen LogP contribution in [0.3, 0.4) is 0 Å². The van der Waals surface area contributed by atoms with E-state index >= 15 is 0 Å². The molecule has 218 valence electrons. The van der Waals surface area contributed by atoms with E-state index in [0.717, 1.165) is 13.1 Å². The van der Waals surface area contributed by atoms with Crippen molar-refractivity contribution in [1.82, 2.24) is 39.7 Å². The molecule has 0 unspecified atom stereocenters. The van der Waals surface area contributed by atoms with E-state index in [-0.39, 0.29) is 45.5 Å². The van der Waals surface area contributed by atoms with Crippen LogP contribution >= 0.6 is 11.6 Å². The maximum absolute atomic E-state index is 13.4. The smallest absolute Gasteiger partial charge is 0.339 e. The van der Waals surface area contributed by atoms with Gasteiger partial charge in [0.05, 0.1) is 28.0 Å². The van der Waals surface area contributed by atoms with Crippen LogP contribution in [0.15, 0.2) is 43.0 Å². The minimum atomic E-state index is -4.64. The molecule has 1 saturated carbocycles. The first kappa shape index (κ1) is 26.7. The number of piperazine rings is 1. The largest absolute Gasteiger partial charge is 0.435 e. The summed E-state index contributed by atoms with van der Waals surface area (Å²) in [6.45, 7) is 3.67. The lowest BCUT2D eigenvalue weighted by molar-refractivity contribution is -0.140. The number of hydrogen-bond donors (Lipinski definition) is 3. The highest BCUT2D eigenvalue weighted by Crippen LogP contribution is 2.49. The van der Waals surface area contributed by atoms with Gasteiger partial charge in [0.15, 0.2) is 17.2 Å². The van der Waals surface area contributed by atoms with Gasteiger partial charge in [-0.05, 0) is 43.1 Å². The highest BCUT2D eigenvalue weighted by molar-refractivity contribution is 6.34. The molecule has 3 aromatic heterocycles. The van der Waals surface area contributed by atoms with Gasteiger partial charge in [0.25, 0.3) is 5.91 Å². The minimum absolute atomic E-state index is 0.125. The van der Waals surface area contributed by atoms with Gasteiger partial charge in [-0.25, -0.2) is 9.97 Å². The van der Waals surface area contributed by atoms with Gasteiger partial charge in [-0.2, -0.15) is 18.3 Å². The standard InChI is InChI=1S/C27H25ClF3N9O2/c28-19-9-14(36-23-24-34-13-20(40(24)4-3-33-23)18-12-35-37-22(18)27(29,30)31)1-2-15(19)25(41)38-5-7-39(8-6-38)26(42)21-16-10-32-11-17(16)21/h1-4,9,12-13,16-17,21,32H,5-8,10-11H2,(H,33,36)(H,35,37)/t16-,17+,21+. The zero-order valence-electron chi connectivity index (χ0n) is 22.0. The Labute approximate surface area is 242 Å². The Morgan fingerprint density at radius 3 is 2.50 bits per heavy atom. The molecule has 3 aliphatic rings. The maximum atomic E-state index is 13.4. The number of H-pyrrole nitrogens is 1. The Morgan fingerprint density at radius 1 is 1.05 bits per heavy atom. The van der Waals surface area contributed by atoms with Gasteiger partial charge in [-0.3, -0.25) is 19.1 Å². The normalized spacial score (nSPS) is 22.0. The van der Waals surface area contributed by atoms with Crippen LogP contribution in [0, 0.1) is 17.8 Å². The van der Waals surface area contributed by atoms with Gasteiger partial charge in [0.1, 0.15) is 0 Å². The molecule has 0 bridgehead atoms. The average Bonchev–Trinajstić information content (AvgIpc) is 3.44. The number of carbonyl (C=O) groups is 2. The van der Waals surface area contributed by atoms with Gasteiger partial charge < -0.3 is 20.4 Å². The summed E-state index contributed by atoms with van der Waals surface area (Å²) in [7, 11) is 0. The summed E-state index contributed by atoms with van der Waals surface area (Å²) < 4.78 is 41.7. The van der Waals surface area contributed by atoms with Crippen molar-refractivity contribution in [2.45, 2.75) is 6.18 Å². The van der Waals surface area contributed by atoms with Crippen molar-refractivity contribution in [3.05, 3.63) is 59.3 Å². The van der Waals surface area contributed by atoms with Crippen molar-refractivity contribution in [1.29, 1.82) is 0 Å². The molecule has 2 saturated heterocycles. The number of nitrogens with zero attached hydrogens (tertiary/aromatic N) is 6. The molecule has 42 heavy (non-hydrogen) atoms. The number of aromatic amines is 1. The van der Waals surface area contributed by atoms with Crippen molar-refractivity contribution >= 4 is 40.6 Å². The molecule has 5 heterocycles. The Hall–Kier alpha value is -4.17. The Balaban J connectivity index is 1.04. The van der Waals surface area contributed by atoms with Gasteiger partial charge in [0.2, 0.25) is 5.91 Å². The number of rotatable bonds is 5. The molecule has 3 N–H and O–H groups in total. The monoisotopic (exact) mass is 599 g/mol. The SMILES string of the molecule is O=C(c1ccc(Nc2nccn3c(-c4c[nH]nc4C(F)(F)F)cnc23)cc1Cl)N1CCN(C(=O)[C@H]2[C@@H]3CNC[C@@H]32)CC1. The van der Waals surface area contributed by atoms with Gasteiger partial charge >= 0.3 is 6.18 Å². The predicted molar refractivity (Wildman–Crippen MR) is 146 cm³/mol. The first-order valence-corrected chi connectivity index (χ1v) is 13.9. The van der Waals surface area contributed by atoms with E-state index < -0.39 is 11.9 Å². The molecule has 2 aliphatic heterocycles. The van der Waals surface area contributed by atoms with Crippen molar-refractivity contribution in [2.75, 3.05) is 44.6 Å². The number of piperidine rings is 1. The third-order valence-electron chi connectivity index (χ3n) is 8.33. The number of aromatic nitrogens is 5. The van der Waals surface area contributed by atoms with Crippen LogP contribution < -0.4 is 10.6 Å². The maximum Gasteiger partial charge on any atom is 0.435 e. The van der Waals surface area contributed by atoms with Gasteiger partial charge in [0, 0.05) is 56.4 Å². The van der Waals surface area contributed by atoms with E-state index in [4.69, 9.17) is 11.6 Å². The molecule has 0 radical (unpaired) electrons. The minimum Gasteiger partial charge on any atom is -0.339 e. The molecule has 0 spiro atoms. The number of carbonyl (C=O) groups excluding carboxylic acids is 2. The molecule has 1 aromatic carbocycles. The second kappa shape index (κ2) is 9.98. The summed E-state index contributed by atoms with van der Waals surface area (Å²) in [6.07, 6.45) is 0.790. The van der Waals surface area contributed by atoms with Crippen LogP contribution in [0.4, 0.5) is 24.7 Å². The quantitative estimate of drug-likeness (QED) is 0.322. The second-order valence-electron chi connectivity index (χ2n) is 10.7. The van der Waals surface area contributed by atoms with E-state index in [1.165, 1.54) is 29.2 Å². The van der Waals surface area contributed by atoms with Crippen molar-refractivity contribution in [3.8, 4) is 11.3 Å². The molecule has 7 rings (SSSR count). The van der Waals surface area contributed by atoms with Crippen LogP contribution in [0.25, 0.3) is 16.9 Å². The number of hydrogen-bond acceptors (Lipinski definition) is 7. The lowest BCUT2D eigenvalue weighted by Gasteiger charge is -2.35. The summed E-state index contributed by atoms with van der Waals surface area (Å²) in [6, 6.07) is 4.87. The van der Waals surface area contributed by atoms with Gasteiger partial charge in [-0.1, -0.05) is 11.6 Å². The number of fused-ring (bicyclic) bond motifs is 2. The third kappa shape index (κ3) is 4.54. The van der Waals surface area contributed by atoms with Crippen molar-refractivity contribution < 1.29 is 22.8 Å². The number of benzene rings is 1. The summed E-state index contributed by atoms with van der Waals surface area (Å²) in [5, 5.41) is 12.2. The number of nitrogens with one attached hydrogen (secondary N) is 3. The summed E-state index contributed by atoms with van der Waals surface area (Å²) in [5.74, 6) is 1.31. The molecule has 4 aromatic rings. The van der Waals surface area contributed by atoms with Crippen LogP contribution in [0.5, 0.6) is 0 Å². The Kier molecular flexibility index (Phi) is 6.35. The van der Waals surface area contributed by atoms with E-state index in [0.29, 0.717) is 49.3 Å². The fraction of sp³-hybridized carbons (Fsp3) is 0.370. The predicted octanol–water partition coefficient (Wildman–Crippen LogP) is 3.29. The van der Waals surface area contributed by atoms with Crippen molar-refractivity contribution in [2.24, 2.45) is 17.8 Å². The molecule has 2 amide bonds. The molecular weight excluding hydrogens is 575 g/mol. The van der Waals surface area contributed by atoms with E-state index in [1.54, 1.807) is 23.1 Å². The first-order chi connectivity index (χ1) is 20.2. The summed E-state index contributed by atoms with van der Waals surface area (Å²) >= 11 is 6.53. The average molecular weight is 600 g/mol.